The quantitative estimate of drug-likeness (QED) is 0.902. The molecule has 0 saturated heterocycles. The Bertz CT molecular complexity index is 724. The smallest absolute Gasteiger partial charge is 0.339 e. The van der Waals surface area contributed by atoms with E-state index in [0.717, 1.165) is 0 Å². The lowest BCUT2D eigenvalue weighted by Crippen LogP contribution is -2.21. The average Bonchev–Trinajstić information content (AvgIpc) is 2.49. The second-order valence-electron chi connectivity index (χ2n) is 4.09. The standard InChI is InChI=1S/C14H14N2O5/c1-3-16-7-6-15-12(13(16)17)21-11-5-4-9(20-2)8-10(11)14(18)19/h4-8H,3H2,1-2H3,(H,18,19). The predicted molar refractivity (Wildman–Crippen MR) is 74.2 cm³/mol. The Morgan fingerprint density at radius 2 is 2.19 bits per heavy atom. The van der Waals surface area contributed by atoms with Crippen molar-refractivity contribution in [3.05, 3.63) is 46.5 Å². The van der Waals surface area contributed by atoms with Crippen LogP contribution in [0.25, 0.3) is 0 Å². The lowest BCUT2D eigenvalue weighted by molar-refractivity contribution is 0.0693. The van der Waals surface area contributed by atoms with Crippen LogP contribution in [0.3, 0.4) is 0 Å². The highest BCUT2D eigenvalue weighted by molar-refractivity contribution is 5.91. The Labute approximate surface area is 120 Å². The Morgan fingerprint density at radius 1 is 1.43 bits per heavy atom. The lowest BCUT2D eigenvalue weighted by Gasteiger charge is -2.10. The molecule has 1 aromatic carbocycles. The van der Waals surface area contributed by atoms with Crippen LogP contribution in [-0.4, -0.2) is 27.7 Å². The number of hydrogen-bond donors (Lipinski definition) is 1. The monoisotopic (exact) mass is 290 g/mol. The molecule has 0 radical (unpaired) electrons. The number of rotatable bonds is 5. The predicted octanol–water partition coefficient (Wildman–Crippen LogP) is 1.76. The van der Waals surface area contributed by atoms with Gasteiger partial charge in [0.2, 0.25) is 0 Å². The van der Waals surface area contributed by atoms with Gasteiger partial charge in [0.1, 0.15) is 17.1 Å². The number of ether oxygens (including phenoxy) is 2. The second-order valence-corrected chi connectivity index (χ2v) is 4.09. The highest BCUT2D eigenvalue weighted by atomic mass is 16.5. The third-order valence-corrected chi connectivity index (χ3v) is 2.85. The molecule has 1 heterocycles. The van der Waals surface area contributed by atoms with Crippen molar-refractivity contribution in [2.24, 2.45) is 0 Å². The molecular weight excluding hydrogens is 276 g/mol. The number of benzene rings is 1. The number of carboxylic acids is 1. The largest absolute Gasteiger partial charge is 0.497 e. The molecule has 0 aliphatic heterocycles. The minimum atomic E-state index is -1.18. The van der Waals surface area contributed by atoms with Crippen LogP contribution in [0.5, 0.6) is 17.4 Å². The second kappa shape index (κ2) is 6.08. The molecule has 0 unspecified atom stereocenters. The third kappa shape index (κ3) is 3.02. The van der Waals surface area contributed by atoms with Crippen molar-refractivity contribution in [1.29, 1.82) is 0 Å². The maximum absolute atomic E-state index is 12.0. The minimum absolute atomic E-state index is 0.0294. The molecule has 7 nitrogen and oxygen atoms in total. The molecule has 0 aliphatic carbocycles. The summed E-state index contributed by atoms with van der Waals surface area (Å²) in [5, 5.41) is 9.19. The van der Waals surface area contributed by atoms with E-state index in [4.69, 9.17) is 9.47 Å². The molecule has 21 heavy (non-hydrogen) atoms. The van der Waals surface area contributed by atoms with Crippen LogP contribution in [0.2, 0.25) is 0 Å². The number of methoxy groups -OCH3 is 1. The van der Waals surface area contributed by atoms with Gasteiger partial charge in [0.05, 0.1) is 7.11 Å². The molecule has 7 heteroatoms. The van der Waals surface area contributed by atoms with Gasteiger partial charge in [-0.2, -0.15) is 0 Å². The number of carboxylic acid groups (broad SMARTS) is 1. The fourth-order valence-electron chi connectivity index (χ4n) is 1.74. The molecule has 1 aromatic heterocycles. The molecule has 0 atom stereocenters. The Hall–Kier alpha value is -2.83. The van der Waals surface area contributed by atoms with Crippen molar-refractivity contribution in [3.63, 3.8) is 0 Å². The summed E-state index contributed by atoms with van der Waals surface area (Å²) >= 11 is 0. The normalized spacial score (nSPS) is 10.2. The van der Waals surface area contributed by atoms with Crippen molar-refractivity contribution in [2.75, 3.05) is 7.11 Å². The Morgan fingerprint density at radius 3 is 2.81 bits per heavy atom. The van der Waals surface area contributed by atoms with Crippen LogP contribution in [0.1, 0.15) is 17.3 Å². The topological polar surface area (TPSA) is 90.7 Å². The van der Waals surface area contributed by atoms with Crippen molar-refractivity contribution in [1.82, 2.24) is 9.55 Å². The number of aromatic nitrogens is 2. The Kier molecular flexibility index (Phi) is 4.22. The van der Waals surface area contributed by atoms with Gasteiger partial charge in [0.15, 0.2) is 0 Å². The van der Waals surface area contributed by atoms with Crippen LogP contribution >= 0.6 is 0 Å². The first kappa shape index (κ1) is 14.6. The van der Waals surface area contributed by atoms with Gasteiger partial charge in [-0.1, -0.05) is 0 Å². The molecule has 2 rings (SSSR count). The fourth-order valence-corrected chi connectivity index (χ4v) is 1.74. The fraction of sp³-hybridized carbons (Fsp3) is 0.214. The van der Waals surface area contributed by atoms with Crippen LogP contribution in [0.15, 0.2) is 35.4 Å². The van der Waals surface area contributed by atoms with Gasteiger partial charge in [-0.05, 0) is 25.1 Å². The number of nitrogens with zero attached hydrogens (tertiary/aromatic N) is 2. The van der Waals surface area contributed by atoms with Crippen LogP contribution in [0, 0.1) is 0 Å². The zero-order valence-corrected chi connectivity index (χ0v) is 11.6. The molecular formula is C14H14N2O5. The highest BCUT2D eigenvalue weighted by Gasteiger charge is 2.16. The molecule has 0 spiro atoms. The first-order valence-corrected chi connectivity index (χ1v) is 6.21. The molecule has 0 saturated carbocycles. The van der Waals surface area contributed by atoms with Gasteiger partial charge in [-0.25, -0.2) is 9.78 Å². The van der Waals surface area contributed by atoms with Crippen molar-refractivity contribution >= 4 is 5.97 Å². The van der Waals surface area contributed by atoms with Crippen LogP contribution in [-0.2, 0) is 6.54 Å². The van der Waals surface area contributed by atoms with E-state index in [1.165, 1.54) is 36.2 Å². The van der Waals surface area contributed by atoms with Crippen LogP contribution < -0.4 is 15.0 Å². The maximum Gasteiger partial charge on any atom is 0.339 e. The zero-order chi connectivity index (χ0) is 15.4. The van der Waals surface area contributed by atoms with Gasteiger partial charge in [0.25, 0.3) is 5.88 Å². The van der Waals surface area contributed by atoms with E-state index < -0.39 is 11.5 Å². The minimum Gasteiger partial charge on any atom is -0.497 e. The first-order valence-electron chi connectivity index (χ1n) is 6.21. The van der Waals surface area contributed by atoms with Crippen molar-refractivity contribution < 1.29 is 19.4 Å². The molecule has 0 amide bonds. The van der Waals surface area contributed by atoms with E-state index in [0.29, 0.717) is 12.3 Å². The maximum atomic E-state index is 12.0. The van der Waals surface area contributed by atoms with E-state index in [9.17, 15) is 14.7 Å². The van der Waals surface area contributed by atoms with E-state index in [1.54, 1.807) is 13.0 Å². The SMILES string of the molecule is CCn1ccnc(Oc2ccc(OC)cc2C(=O)O)c1=O. The summed E-state index contributed by atoms with van der Waals surface area (Å²) in [5.74, 6) is -0.948. The first-order chi connectivity index (χ1) is 10.1. The van der Waals surface area contributed by atoms with E-state index in [-0.39, 0.29) is 17.2 Å². The average molecular weight is 290 g/mol. The summed E-state index contributed by atoms with van der Waals surface area (Å²) in [7, 11) is 1.43. The van der Waals surface area contributed by atoms with Crippen molar-refractivity contribution in [3.8, 4) is 17.4 Å². The molecule has 0 fully saturated rings. The zero-order valence-electron chi connectivity index (χ0n) is 11.6. The summed E-state index contributed by atoms with van der Waals surface area (Å²) in [6.07, 6.45) is 2.95. The van der Waals surface area contributed by atoms with Gasteiger partial charge < -0.3 is 19.1 Å². The van der Waals surface area contributed by atoms with Crippen molar-refractivity contribution in [2.45, 2.75) is 13.5 Å². The summed E-state index contributed by atoms with van der Waals surface area (Å²) in [5.41, 5.74) is -0.533. The lowest BCUT2D eigenvalue weighted by atomic mass is 10.2. The summed E-state index contributed by atoms with van der Waals surface area (Å²) in [4.78, 5) is 27.1. The number of aromatic carboxylic acids is 1. The number of carbonyl (C=O) groups is 1. The third-order valence-electron chi connectivity index (χ3n) is 2.85. The van der Waals surface area contributed by atoms with Gasteiger partial charge in [0, 0.05) is 18.9 Å². The summed E-state index contributed by atoms with van der Waals surface area (Å²) in [6, 6.07) is 4.29. The molecule has 2 aromatic rings. The number of hydrogen-bond acceptors (Lipinski definition) is 5. The molecule has 1 N–H and O–H groups in total. The number of aryl methyl sites for hydroxylation is 1. The Balaban J connectivity index is 2.44. The summed E-state index contributed by atoms with van der Waals surface area (Å²) in [6.45, 7) is 2.27. The molecule has 110 valence electrons. The molecule has 0 aliphatic rings. The van der Waals surface area contributed by atoms with Gasteiger partial charge >= 0.3 is 11.5 Å². The van der Waals surface area contributed by atoms with Gasteiger partial charge in [-0.3, -0.25) is 4.79 Å². The molecule has 0 bridgehead atoms. The van der Waals surface area contributed by atoms with Gasteiger partial charge in [-0.15, -0.1) is 0 Å². The van der Waals surface area contributed by atoms with E-state index >= 15 is 0 Å². The van der Waals surface area contributed by atoms with E-state index in [1.807, 2.05) is 0 Å². The highest BCUT2D eigenvalue weighted by Crippen LogP contribution is 2.26. The van der Waals surface area contributed by atoms with Crippen LogP contribution in [0.4, 0.5) is 0 Å². The van der Waals surface area contributed by atoms with E-state index in [2.05, 4.69) is 4.98 Å². The summed E-state index contributed by atoms with van der Waals surface area (Å²) < 4.78 is 11.7.